The Balaban J connectivity index is 1.36. The Kier molecular flexibility index (Phi) is 8.49. The number of carbonyl (C=O) groups excluding carboxylic acids is 1. The Hall–Kier alpha value is -3.07. The second kappa shape index (κ2) is 11.5. The predicted octanol–water partition coefficient (Wildman–Crippen LogP) is 2.46. The highest BCUT2D eigenvalue weighted by Crippen LogP contribution is 2.20. The van der Waals surface area contributed by atoms with E-state index in [1.54, 1.807) is 13.8 Å². The molecule has 0 saturated heterocycles. The van der Waals surface area contributed by atoms with Crippen LogP contribution >= 0.6 is 0 Å². The zero-order valence-corrected chi connectivity index (χ0v) is 18.7. The summed E-state index contributed by atoms with van der Waals surface area (Å²) < 4.78 is 5.61. The third-order valence-electron chi connectivity index (χ3n) is 5.52. The zero-order chi connectivity index (χ0) is 22.9. The molecule has 1 atom stereocenters. The number of pyridine rings is 1. The van der Waals surface area contributed by atoms with Gasteiger partial charge in [0.25, 0.3) is 5.91 Å². The topological polar surface area (TPSA) is 126 Å². The number of nitrogens with zero attached hydrogens (tertiary/aromatic N) is 3. The summed E-state index contributed by atoms with van der Waals surface area (Å²) in [6.07, 6.45) is 6.59. The summed E-state index contributed by atoms with van der Waals surface area (Å²) in [5.41, 5.74) is 3.83. The van der Waals surface area contributed by atoms with E-state index in [0.29, 0.717) is 23.4 Å². The first-order valence-electron chi connectivity index (χ1n) is 11.1. The van der Waals surface area contributed by atoms with E-state index in [9.17, 15) is 14.7 Å². The molecule has 1 amide bonds. The Labute approximate surface area is 188 Å². The lowest BCUT2D eigenvalue weighted by Gasteiger charge is -2.17. The minimum atomic E-state index is -1.09. The maximum Gasteiger partial charge on any atom is 0.326 e. The van der Waals surface area contributed by atoms with Crippen molar-refractivity contribution in [1.82, 2.24) is 20.5 Å². The van der Waals surface area contributed by atoms with Gasteiger partial charge in [-0.15, -0.1) is 0 Å². The summed E-state index contributed by atoms with van der Waals surface area (Å²) in [7, 11) is 0. The van der Waals surface area contributed by atoms with Crippen LogP contribution in [0.2, 0.25) is 0 Å². The number of hydrogen-bond acceptors (Lipinski definition) is 7. The van der Waals surface area contributed by atoms with Crippen molar-refractivity contribution >= 4 is 17.7 Å². The van der Waals surface area contributed by atoms with E-state index in [1.165, 1.54) is 11.8 Å². The normalized spacial score (nSPS) is 13.7. The number of nitrogens with one attached hydrogen (secondary N) is 2. The number of hydrogen-bond donors (Lipinski definition) is 3. The Bertz CT molecular complexity index is 930. The van der Waals surface area contributed by atoms with Gasteiger partial charge in [-0.3, -0.25) is 4.79 Å². The highest BCUT2D eigenvalue weighted by Gasteiger charge is 2.23. The number of rotatable bonds is 11. The predicted molar refractivity (Wildman–Crippen MR) is 120 cm³/mol. The molecule has 0 aliphatic carbocycles. The van der Waals surface area contributed by atoms with Gasteiger partial charge in [0.05, 0.1) is 17.5 Å². The number of carboxylic acids is 1. The van der Waals surface area contributed by atoms with Crippen LogP contribution in [0.5, 0.6) is 0 Å². The minimum Gasteiger partial charge on any atom is -0.480 e. The molecule has 1 aliphatic heterocycles. The molecule has 2 aromatic rings. The second-order valence-electron chi connectivity index (χ2n) is 8.05. The summed E-state index contributed by atoms with van der Waals surface area (Å²) >= 11 is 0. The van der Waals surface area contributed by atoms with Crippen LogP contribution in [0.15, 0.2) is 18.3 Å². The van der Waals surface area contributed by atoms with Crippen molar-refractivity contribution in [2.45, 2.75) is 58.4 Å². The molecule has 3 heterocycles. The number of aryl methyl sites for hydroxylation is 4. The number of carbonyl (C=O) groups is 2. The highest BCUT2D eigenvalue weighted by molar-refractivity contribution is 5.98. The van der Waals surface area contributed by atoms with Gasteiger partial charge in [0.15, 0.2) is 0 Å². The zero-order valence-electron chi connectivity index (χ0n) is 18.7. The quantitative estimate of drug-likeness (QED) is 0.454. The van der Waals surface area contributed by atoms with Crippen molar-refractivity contribution < 1.29 is 19.4 Å². The lowest BCUT2D eigenvalue weighted by molar-refractivity contribution is -0.139. The van der Waals surface area contributed by atoms with Gasteiger partial charge in [0.1, 0.15) is 11.9 Å². The molecule has 0 spiro atoms. The van der Waals surface area contributed by atoms with E-state index in [1.807, 2.05) is 0 Å². The third kappa shape index (κ3) is 6.46. The largest absolute Gasteiger partial charge is 0.480 e. The number of aromatic nitrogens is 3. The van der Waals surface area contributed by atoms with E-state index >= 15 is 0 Å². The monoisotopic (exact) mass is 441 g/mol. The molecular formula is C23H31N5O4. The van der Waals surface area contributed by atoms with E-state index in [4.69, 9.17) is 4.74 Å². The van der Waals surface area contributed by atoms with Crippen LogP contribution in [-0.2, 0) is 22.4 Å². The highest BCUT2D eigenvalue weighted by atomic mass is 16.5. The lowest BCUT2D eigenvalue weighted by Crippen LogP contribution is -2.42. The van der Waals surface area contributed by atoms with Crippen molar-refractivity contribution in [2.75, 3.05) is 25.1 Å². The van der Waals surface area contributed by atoms with Crippen LogP contribution in [0.25, 0.3) is 0 Å². The molecule has 0 radical (unpaired) electrons. The van der Waals surface area contributed by atoms with Gasteiger partial charge in [-0.1, -0.05) is 6.07 Å². The Morgan fingerprint density at radius 2 is 2.09 bits per heavy atom. The summed E-state index contributed by atoms with van der Waals surface area (Å²) in [5.74, 6) is -0.541. The van der Waals surface area contributed by atoms with Crippen LogP contribution in [-0.4, -0.2) is 58.0 Å². The molecule has 172 valence electrons. The number of amides is 1. The van der Waals surface area contributed by atoms with Gasteiger partial charge in [0.2, 0.25) is 0 Å². The number of unbranched alkanes of at least 4 members (excludes halogenated alkanes) is 1. The first kappa shape index (κ1) is 23.6. The molecule has 3 rings (SSSR count). The summed E-state index contributed by atoms with van der Waals surface area (Å²) in [6, 6.07) is 3.22. The molecule has 1 unspecified atom stereocenters. The van der Waals surface area contributed by atoms with Gasteiger partial charge < -0.3 is 20.5 Å². The first-order chi connectivity index (χ1) is 15.5. The average molecular weight is 442 g/mol. The molecule has 2 aromatic heterocycles. The summed E-state index contributed by atoms with van der Waals surface area (Å²) in [6.45, 7) is 5.18. The Morgan fingerprint density at radius 3 is 2.88 bits per heavy atom. The smallest absolute Gasteiger partial charge is 0.326 e. The van der Waals surface area contributed by atoms with Crippen LogP contribution in [0.1, 0.15) is 58.6 Å². The van der Waals surface area contributed by atoms with Crippen molar-refractivity contribution in [3.05, 3.63) is 46.4 Å². The number of carboxylic acid groups (broad SMARTS) is 1. The molecule has 32 heavy (non-hydrogen) atoms. The van der Waals surface area contributed by atoms with Crippen molar-refractivity contribution in [3.8, 4) is 0 Å². The molecule has 0 fully saturated rings. The van der Waals surface area contributed by atoms with Crippen LogP contribution < -0.4 is 10.6 Å². The first-order valence-corrected chi connectivity index (χ1v) is 11.1. The van der Waals surface area contributed by atoms with Gasteiger partial charge in [0, 0.05) is 31.9 Å². The van der Waals surface area contributed by atoms with E-state index in [-0.39, 0.29) is 13.0 Å². The lowest BCUT2D eigenvalue weighted by atomic mass is 10.1. The number of fused-ring (bicyclic) bond motifs is 1. The molecule has 1 aliphatic rings. The molecular weight excluding hydrogens is 410 g/mol. The van der Waals surface area contributed by atoms with Crippen molar-refractivity contribution in [1.29, 1.82) is 0 Å². The third-order valence-corrected chi connectivity index (χ3v) is 5.52. The van der Waals surface area contributed by atoms with Crippen LogP contribution in [0.4, 0.5) is 5.82 Å². The standard InChI is InChI=1S/C23H31N5O4/c1-15-14-25-28-16(2)20(15)22(29)27-19(23(30)31)10-13-32-12-4-3-7-18-9-8-17-6-5-11-24-21(17)26-18/h8-9,14,19H,3-7,10-13H2,1-2H3,(H,24,26)(H,27,29)(H,30,31). The molecule has 3 N–H and O–H groups in total. The average Bonchev–Trinajstić information content (AvgIpc) is 2.77. The number of aliphatic carboxylic acids is 1. The van der Waals surface area contributed by atoms with E-state index < -0.39 is 17.9 Å². The molecule has 9 heteroatoms. The Morgan fingerprint density at radius 1 is 1.25 bits per heavy atom. The maximum absolute atomic E-state index is 12.5. The van der Waals surface area contributed by atoms with E-state index in [0.717, 1.165) is 50.2 Å². The van der Waals surface area contributed by atoms with Crippen LogP contribution in [0, 0.1) is 13.8 Å². The fraction of sp³-hybridized carbons (Fsp3) is 0.522. The van der Waals surface area contributed by atoms with Crippen LogP contribution in [0.3, 0.4) is 0 Å². The fourth-order valence-corrected chi connectivity index (χ4v) is 3.75. The van der Waals surface area contributed by atoms with Crippen molar-refractivity contribution in [3.63, 3.8) is 0 Å². The molecule has 0 aromatic carbocycles. The van der Waals surface area contributed by atoms with E-state index in [2.05, 4.69) is 37.9 Å². The van der Waals surface area contributed by atoms with Gasteiger partial charge in [-0.2, -0.15) is 10.2 Å². The maximum atomic E-state index is 12.5. The second-order valence-corrected chi connectivity index (χ2v) is 8.05. The van der Waals surface area contributed by atoms with Crippen molar-refractivity contribution in [2.24, 2.45) is 0 Å². The molecule has 0 saturated carbocycles. The van der Waals surface area contributed by atoms with Gasteiger partial charge in [-0.05, 0) is 63.1 Å². The minimum absolute atomic E-state index is 0.190. The summed E-state index contributed by atoms with van der Waals surface area (Å²) in [4.78, 5) is 28.7. The molecule has 9 nitrogen and oxygen atoms in total. The van der Waals surface area contributed by atoms with Gasteiger partial charge >= 0.3 is 5.97 Å². The fourth-order valence-electron chi connectivity index (χ4n) is 3.75. The molecule has 0 bridgehead atoms. The summed E-state index contributed by atoms with van der Waals surface area (Å²) in [5, 5.41) is 23.0. The number of ether oxygens (including phenoxy) is 1. The SMILES string of the molecule is Cc1cnnc(C)c1C(=O)NC(CCOCCCCc1ccc2c(n1)NCCC2)C(=O)O. The number of anilines is 1. The van der Waals surface area contributed by atoms with Gasteiger partial charge in [-0.25, -0.2) is 9.78 Å².